The molecule has 0 saturated carbocycles. The van der Waals surface area contributed by atoms with Crippen LogP contribution in [0.15, 0.2) is 107 Å². The number of nitriles is 1. The fourth-order valence-electron chi connectivity index (χ4n) is 9.09. The highest BCUT2D eigenvalue weighted by atomic mass is 19.1. The number of esters is 1. The third kappa shape index (κ3) is 14.5. The number of methoxy groups -OCH3 is 2. The average Bonchev–Trinajstić information content (AvgIpc) is 1.48. The van der Waals surface area contributed by atoms with Crippen LogP contribution in [0, 0.1) is 71.6 Å². The lowest BCUT2D eigenvalue weighted by Gasteiger charge is -2.11. The van der Waals surface area contributed by atoms with Gasteiger partial charge in [0.2, 0.25) is 11.3 Å². The summed E-state index contributed by atoms with van der Waals surface area (Å²) in [6.07, 6.45) is 20.2. The summed E-state index contributed by atoms with van der Waals surface area (Å²) in [5.41, 5.74) is 10.3. The van der Waals surface area contributed by atoms with Gasteiger partial charge in [0.25, 0.3) is 29.4 Å². The molecule has 43 heteroatoms. The van der Waals surface area contributed by atoms with Crippen LogP contribution in [-0.4, -0.2) is 165 Å². The first-order valence-corrected chi connectivity index (χ1v) is 28.5. The number of carbonyl (C=O) groups is 6. The van der Waals surface area contributed by atoms with Crippen LogP contribution in [-0.2, 0) is 4.74 Å². The van der Waals surface area contributed by atoms with Crippen LogP contribution >= 0.6 is 0 Å². The second-order valence-corrected chi connectivity index (χ2v) is 20.4. The number of carbonyl (C=O) groups excluding carboxylic acids is 4. The molecule has 14 aromatic rings. The van der Waals surface area contributed by atoms with Gasteiger partial charge in [0.1, 0.15) is 40.5 Å². The number of hydrogen-bond donors (Lipinski definition) is 8. The van der Waals surface area contributed by atoms with E-state index in [1.807, 2.05) is 6.07 Å². The molecule has 39 nitrogen and oxygen atoms in total. The number of carboxylic acids is 2. The summed E-state index contributed by atoms with van der Waals surface area (Å²) < 4.78 is 74.1. The Morgan fingerprint density at radius 3 is 1.83 bits per heavy atom. The second kappa shape index (κ2) is 29.2. The topological polar surface area (TPSA) is 543 Å². The van der Waals surface area contributed by atoms with Crippen molar-refractivity contribution >= 4 is 97.7 Å². The number of ether oxygens (including phenoxy) is 2. The molecule has 0 atom stereocenters. The van der Waals surface area contributed by atoms with Crippen LogP contribution in [0.2, 0.25) is 0 Å². The Hall–Kier alpha value is -16.6. The molecular weight excluding hydrogens is 1390 g/mol. The summed E-state index contributed by atoms with van der Waals surface area (Å²) in [6, 6.07) is 16.6. The van der Waals surface area contributed by atoms with Crippen LogP contribution in [0.4, 0.5) is 46.1 Å². The van der Waals surface area contributed by atoms with Gasteiger partial charge in [-0.3, -0.25) is 19.5 Å². The number of anilines is 5. The number of H-pyrrole nitrogens is 1. The number of carboxylic acid groups (broad SMARTS) is 2. The monoisotopic (exact) mass is 1430 g/mol. The van der Waals surface area contributed by atoms with Gasteiger partial charge in [-0.1, -0.05) is 17.8 Å². The van der Waals surface area contributed by atoms with E-state index in [0.717, 1.165) is 63.5 Å². The Balaban J connectivity index is 0.000000140. The highest BCUT2D eigenvalue weighted by Crippen LogP contribution is 2.28. The molecule has 4 aromatic carbocycles. The van der Waals surface area contributed by atoms with Crippen molar-refractivity contribution in [1.29, 1.82) is 5.26 Å². The minimum absolute atomic E-state index is 0.00265. The molecule has 14 rings (SSSR count). The summed E-state index contributed by atoms with van der Waals surface area (Å²) in [7, 11) is 2.43. The Morgan fingerprint density at radius 2 is 1.24 bits per heavy atom. The number of hydrogen-bond acceptors (Lipinski definition) is 29. The third-order valence-electron chi connectivity index (χ3n) is 14.0. The molecule has 105 heavy (non-hydrogen) atoms. The number of nitrogen functional groups attached to an aromatic ring is 2. The average molecular weight is 1430 g/mol. The van der Waals surface area contributed by atoms with Gasteiger partial charge < -0.3 is 51.5 Å². The van der Waals surface area contributed by atoms with Crippen molar-refractivity contribution in [3.63, 3.8) is 0 Å². The number of benzene rings is 4. The van der Waals surface area contributed by atoms with Crippen molar-refractivity contribution in [2.75, 3.05) is 41.6 Å². The van der Waals surface area contributed by atoms with Crippen molar-refractivity contribution in [1.82, 2.24) is 105 Å². The quantitative estimate of drug-likeness (QED) is 0.0494. The van der Waals surface area contributed by atoms with E-state index in [-0.39, 0.29) is 119 Å². The number of halogens is 4. The summed E-state index contributed by atoms with van der Waals surface area (Å²) in [4.78, 5) is 96.7. The number of aromatic amines is 1. The Morgan fingerprint density at radius 1 is 0.638 bits per heavy atom. The zero-order valence-electron chi connectivity index (χ0n) is 52.5. The van der Waals surface area contributed by atoms with Crippen LogP contribution < -0.4 is 37.8 Å². The number of nitrogens with two attached hydrogens (primary N) is 2. The molecule has 0 spiro atoms. The van der Waals surface area contributed by atoms with E-state index in [1.165, 1.54) is 60.4 Å². The lowest BCUT2D eigenvalue weighted by Crippen LogP contribution is -2.18. The first-order valence-electron chi connectivity index (χ1n) is 28.5. The molecule has 518 valence electrons. The Labute approximate surface area is 577 Å². The third-order valence-corrected chi connectivity index (χ3v) is 14.0. The van der Waals surface area contributed by atoms with Gasteiger partial charge in [-0.05, 0) is 98.9 Å². The van der Waals surface area contributed by atoms with Gasteiger partial charge >= 0.3 is 23.5 Å². The maximum Gasteiger partial charge on any atom is 0.347 e. The number of rotatable bonds is 12. The van der Waals surface area contributed by atoms with Crippen LogP contribution in [0.5, 0.6) is 5.75 Å². The van der Waals surface area contributed by atoms with E-state index in [1.54, 1.807) is 6.20 Å². The molecule has 0 aliphatic rings. The minimum atomic E-state index is -1.44. The minimum Gasteiger partial charge on any atom is -0.494 e. The number of tetrazole rings is 2. The molecule has 0 aliphatic carbocycles. The largest absolute Gasteiger partial charge is 0.494 e. The highest BCUT2D eigenvalue weighted by molar-refractivity contribution is 6.11. The van der Waals surface area contributed by atoms with Crippen molar-refractivity contribution < 1.29 is 70.4 Å². The van der Waals surface area contributed by atoms with E-state index < -0.39 is 75.7 Å². The zero-order valence-corrected chi connectivity index (χ0v) is 52.5. The second-order valence-electron chi connectivity index (χ2n) is 20.4. The number of amides is 3. The number of fused-ring (bicyclic) bond motifs is 5. The molecule has 0 bridgehead atoms. The lowest BCUT2D eigenvalue weighted by atomic mass is 10.1. The molecule has 0 aliphatic heterocycles. The lowest BCUT2D eigenvalue weighted by molar-refractivity contribution is 0.0599. The van der Waals surface area contributed by atoms with E-state index >= 15 is 0 Å². The van der Waals surface area contributed by atoms with E-state index in [0.29, 0.717) is 16.9 Å². The smallest absolute Gasteiger partial charge is 0.347 e. The molecule has 3 amide bonds. The first kappa shape index (κ1) is 69.7. The Bertz CT molecular complexity index is 6190. The van der Waals surface area contributed by atoms with Crippen LogP contribution in [0.3, 0.4) is 0 Å². The van der Waals surface area contributed by atoms with Gasteiger partial charge in [-0.25, -0.2) is 51.2 Å². The van der Waals surface area contributed by atoms with Gasteiger partial charge in [0.15, 0.2) is 34.5 Å². The molecule has 10 aromatic heterocycles. The fourth-order valence-corrected chi connectivity index (χ4v) is 9.09. The maximum atomic E-state index is 13.9. The SMILES string of the molecule is C#Cc1cc(NC(=O)c2cc(N)nn3nnnc23)c(C(=O)O)cc1F.C#Cc1cc(NC(=O)c2ccc3c(C#N)nnn3n2)c(C(=O)OC)cc1F.C#Cc1cc(NC(=O)c2ccn3nc(-c4cn[nH]c4)nc3n2)c(C(=O)O)cc1F.COc1cc2nc(-c3cc(N)c4nnnn4n3)oc(=O)c2cc1F. The summed E-state index contributed by atoms with van der Waals surface area (Å²) in [5, 5.41) is 85.6. The number of terminal acetylenes is 3. The summed E-state index contributed by atoms with van der Waals surface area (Å²) in [6.45, 7) is 0. The first-order chi connectivity index (χ1) is 50.4. The molecule has 0 radical (unpaired) electrons. The zero-order chi connectivity index (χ0) is 75.1. The highest BCUT2D eigenvalue weighted by Gasteiger charge is 2.25. The van der Waals surface area contributed by atoms with Gasteiger partial charge in [0.05, 0.1) is 98.6 Å². The van der Waals surface area contributed by atoms with Crippen molar-refractivity contribution in [3.05, 3.63) is 187 Å². The van der Waals surface area contributed by atoms with Gasteiger partial charge in [-0.15, -0.1) is 68.9 Å². The standard InChI is InChI=1S/C18H10FN7O3.C17H9FN6O3.C14H8FN7O3.C13H8FN7O3/c1-2-9-5-14(11(17(28)29)6-12(9)19)22-16(27)13-3-4-26-18(23-13)24-15(25-26)10-7-20-21-8-10;1-3-9-6-13(10(7-11(9)18)17(26)27-2)20-16(25)12-4-5-15-14(8-19)21-23-24(15)22-12;1-2-6-3-10(7(14(24)25)4-9(6)15)17-13(23)8-5-11(16)19-22-12(8)18-20-21-22;1-23-10-4-8-5(2-6(10)14)13(22)24-12(16-8)9-3-7(15)11-17-19-20-21(11)18-9/h1,3-8H,(H,20,21)(H,22,27)(H,28,29);1,4-7H,2H3,(H,20,25);1,3-5H,(H2,16,19)(H,17,23)(H,24,25);2-4H,15H2,1H3. The number of nitrogens with one attached hydrogen (secondary N) is 4. The van der Waals surface area contributed by atoms with Crippen molar-refractivity contribution in [2.24, 2.45) is 0 Å². The molecule has 0 unspecified atom stereocenters. The number of aromatic nitrogens is 21. The van der Waals surface area contributed by atoms with Crippen molar-refractivity contribution in [3.8, 4) is 71.8 Å². The molecule has 10 heterocycles. The van der Waals surface area contributed by atoms with Gasteiger partial charge in [0, 0.05) is 18.5 Å². The number of nitrogens with zero attached hydrogens (tertiary/aromatic N) is 21. The molecule has 10 N–H and O–H groups in total. The predicted octanol–water partition coefficient (Wildman–Crippen LogP) is 3.33. The molecule has 0 saturated heterocycles. The fraction of sp³-hybridized carbons (Fsp3) is 0.0323. The normalized spacial score (nSPS) is 10.6. The summed E-state index contributed by atoms with van der Waals surface area (Å²) >= 11 is 0. The van der Waals surface area contributed by atoms with E-state index in [2.05, 4.69) is 125 Å². The number of aromatic carboxylic acids is 2. The van der Waals surface area contributed by atoms with E-state index in [4.69, 9.17) is 45.2 Å². The van der Waals surface area contributed by atoms with Crippen LogP contribution in [0.25, 0.3) is 56.5 Å². The maximum absolute atomic E-state index is 13.9. The molecule has 0 fully saturated rings. The van der Waals surface area contributed by atoms with E-state index in [9.17, 15) is 61.3 Å². The molecular formula is C62H35F4N27O12. The van der Waals surface area contributed by atoms with Crippen LogP contribution in [0.1, 0.15) is 84.8 Å². The predicted molar refractivity (Wildman–Crippen MR) is 348 cm³/mol. The summed E-state index contributed by atoms with van der Waals surface area (Å²) in [5.74, 6) is -2.61. The Kier molecular flexibility index (Phi) is 19.4. The van der Waals surface area contributed by atoms with Crippen molar-refractivity contribution in [2.45, 2.75) is 0 Å². The van der Waals surface area contributed by atoms with Gasteiger partial charge in [-0.2, -0.15) is 15.3 Å².